The second-order valence-corrected chi connectivity index (χ2v) is 4.14. The first kappa shape index (κ1) is 11.5. The molecule has 0 saturated heterocycles. The van der Waals surface area contributed by atoms with Gasteiger partial charge in [-0.2, -0.15) is 0 Å². The van der Waals surface area contributed by atoms with E-state index < -0.39 is 0 Å². The van der Waals surface area contributed by atoms with Crippen molar-refractivity contribution in [1.82, 2.24) is 0 Å². The van der Waals surface area contributed by atoms with Crippen LogP contribution in [0.15, 0.2) is 47.6 Å². The zero-order valence-corrected chi connectivity index (χ0v) is 9.77. The quantitative estimate of drug-likeness (QED) is 0.586. The lowest BCUT2D eigenvalue weighted by atomic mass is 9.91. The van der Waals surface area contributed by atoms with Gasteiger partial charge in [0.15, 0.2) is 5.78 Å². The Morgan fingerprint density at radius 2 is 2.06 bits per heavy atom. The summed E-state index contributed by atoms with van der Waals surface area (Å²) < 4.78 is 0. The minimum absolute atomic E-state index is 0.0545. The van der Waals surface area contributed by atoms with Gasteiger partial charge in [0.05, 0.1) is 0 Å². The number of carbonyl (C=O) groups is 2. The minimum atomic E-state index is -0.0545. The third kappa shape index (κ3) is 2.26. The summed E-state index contributed by atoms with van der Waals surface area (Å²) in [4.78, 5) is 23.3. The number of Topliss-reactive ketones (excluding diaryl/α,β-unsaturated/α-hetero) is 1. The summed E-state index contributed by atoms with van der Waals surface area (Å²) in [5.41, 5.74) is 2.77. The van der Waals surface area contributed by atoms with Gasteiger partial charge in [-0.05, 0) is 25.3 Å². The zero-order valence-electron chi connectivity index (χ0n) is 9.77. The van der Waals surface area contributed by atoms with E-state index in [-0.39, 0.29) is 5.78 Å². The van der Waals surface area contributed by atoms with Crippen LogP contribution in [0.5, 0.6) is 0 Å². The van der Waals surface area contributed by atoms with E-state index >= 15 is 0 Å². The molecule has 17 heavy (non-hydrogen) atoms. The maximum Gasteiger partial charge on any atom is 0.193 e. The molecule has 2 rings (SSSR count). The van der Waals surface area contributed by atoms with E-state index in [9.17, 15) is 9.59 Å². The van der Waals surface area contributed by atoms with E-state index in [1.807, 2.05) is 31.2 Å². The van der Waals surface area contributed by atoms with Crippen molar-refractivity contribution in [3.8, 4) is 0 Å². The van der Waals surface area contributed by atoms with Crippen LogP contribution in [0.3, 0.4) is 0 Å². The van der Waals surface area contributed by atoms with Crippen LogP contribution < -0.4 is 0 Å². The first-order valence-corrected chi connectivity index (χ1v) is 5.69. The maximum atomic E-state index is 12.3. The molecule has 1 aliphatic carbocycles. The summed E-state index contributed by atoms with van der Waals surface area (Å²) in [6.45, 7) is 1.90. The molecule has 0 aliphatic heterocycles. The summed E-state index contributed by atoms with van der Waals surface area (Å²) in [6, 6.07) is 7.45. The molecular formula is C15H14O2. The molecule has 2 nitrogen and oxygen atoms in total. The highest BCUT2D eigenvalue weighted by Gasteiger charge is 2.17. The summed E-state index contributed by atoms with van der Waals surface area (Å²) in [5.74, 6) is -0.0545. The third-order valence-electron chi connectivity index (χ3n) is 2.99. The van der Waals surface area contributed by atoms with Crippen LogP contribution in [0.2, 0.25) is 0 Å². The van der Waals surface area contributed by atoms with E-state index in [2.05, 4.69) is 0 Å². The molecular weight excluding hydrogens is 212 g/mol. The summed E-state index contributed by atoms with van der Waals surface area (Å²) in [5, 5.41) is 0. The molecule has 0 radical (unpaired) electrons. The SMILES string of the molecule is Cc1ccccc1C(=O)C1=C(C=O)CCC=C1. The van der Waals surface area contributed by atoms with Crippen molar-refractivity contribution < 1.29 is 9.59 Å². The highest BCUT2D eigenvalue weighted by atomic mass is 16.1. The number of ketones is 1. The first-order chi connectivity index (χ1) is 8.24. The van der Waals surface area contributed by atoms with Crippen molar-refractivity contribution >= 4 is 12.1 Å². The van der Waals surface area contributed by atoms with Crippen LogP contribution in [-0.4, -0.2) is 12.1 Å². The lowest BCUT2D eigenvalue weighted by Crippen LogP contribution is -2.09. The third-order valence-corrected chi connectivity index (χ3v) is 2.99. The Bertz CT molecular complexity index is 521. The molecule has 2 heteroatoms. The van der Waals surface area contributed by atoms with Crippen LogP contribution in [0.4, 0.5) is 0 Å². The van der Waals surface area contributed by atoms with Gasteiger partial charge in [0.1, 0.15) is 6.29 Å². The largest absolute Gasteiger partial charge is 0.298 e. The van der Waals surface area contributed by atoms with Crippen molar-refractivity contribution in [2.75, 3.05) is 0 Å². The monoisotopic (exact) mass is 226 g/mol. The van der Waals surface area contributed by atoms with Gasteiger partial charge in [0, 0.05) is 16.7 Å². The van der Waals surface area contributed by atoms with Gasteiger partial charge in [-0.3, -0.25) is 9.59 Å². The number of aldehydes is 1. The average Bonchev–Trinajstić information content (AvgIpc) is 2.38. The van der Waals surface area contributed by atoms with E-state index in [4.69, 9.17) is 0 Å². The van der Waals surface area contributed by atoms with Crippen LogP contribution in [0.25, 0.3) is 0 Å². The standard InChI is InChI=1S/C15H14O2/c1-11-6-2-4-8-13(11)15(17)14-9-5-3-7-12(14)10-16/h2,4-6,8-10H,3,7H2,1H3. The van der Waals surface area contributed by atoms with Crippen molar-refractivity contribution in [3.05, 3.63) is 58.7 Å². The van der Waals surface area contributed by atoms with Crippen molar-refractivity contribution in [3.63, 3.8) is 0 Å². The number of aryl methyl sites for hydroxylation is 1. The molecule has 0 spiro atoms. The van der Waals surface area contributed by atoms with Gasteiger partial charge in [-0.15, -0.1) is 0 Å². The van der Waals surface area contributed by atoms with Gasteiger partial charge in [-0.25, -0.2) is 0 Å². The Morgan fingerprint density at radius 1 is 1.29 bits per heavy atom. The average molecular weight is 226 g/mol. The molecule has 0 aromatic heterocycles. The molecule has 86 valence electrons. The van der Waals surface area contributed by atoms with Crippen LogP contribution >= 0.6 is 0 Å². The summed E-state index contributed by atoms with van der Waals surface area (Å²) in [6.07, 6.45) is 6.00. The Labute approximate surface area is 101 Å². The zero-order chi connectivity index (χ0) is 12.3. The molecule has 0 bridgehead atoms. The van der Waals surface area contributed by atoms with E-state index in [0.717, 1.165) is 18.3 Å². The predicted molar refractivity (Wildman–Crippen MR) is 67.0 cm³/mol. The van der Waals surface area contributed by atoms with Crippen LogP contribution in [-0.2, 0) is 4.79 Å². The Morgan fingerprint density at radius 3 is 2.76 bits per heavy atom. The molecule has 1 aromatic carbocycles. The van der Waals surface area contributed by atoms with Gasteiger partial charge in [-0.1, -0.05) is 36.4 Å². The second kappa shape index (κ2) is 4.91. The topological polar surface area (TPSA) is 34.1 Å². The number of hydrogen-bond acceptors (Lipinski definition) is 2. The number of hydrogen-bond donors (Lipinski definition) is 0. The Kier molecular flexibility index (Phi) is 3.33. The molecule has 0 amide bonds. The number of carbonyl (C=O) groups excluding carboxylic acids is 2. The number of benzene rings is 1. The maximum absolute atomic E-state index is 12.3. The van der Waals surface area contributed by atoms with Gasteiger partial charge >= 0.3 is 0 Å². The predicted octanol–water partition coefficient (Wildman–Crippen LogP) is 3.02. The molecule has 0 atom stereocenters. The molecule has 0 unspecified atom stereocenters. The van der Waals surface area contributed by atoms with E-state index in [1.165, 1.54) is 0 Å². The Balaban J connectivity index is 2.45. The lowest BCUT2D eigenvalue weighted by molar-refractivity contribution is -0.105. The molecule has 0 saturated carbocycles. The normalized spacial score (nSPS) is 14.9. The Hall–Kier alpha value is -1.96. The molecule has 0 fully saturated rings. The van der Waals surface area contributed by atoms with E-state index in [0.29, 0.717) is 23.1 Å². The fourth-order valence-corrected chi connectivity index (χ4v) is 2.00. The van der Waals surface area contributed by atoms with Crippen molar-refractivity contribution in [1.29, 1.82) is 0 Å². The fraction of sp³-hybridized carbons (Fsp3) is 0.200. The van der Waals surface area contributed by atoms with Gasteiger partial charge in [0.2, 0.25) is 0 Å². The van der Waals surface area contributed by atoms with Gasteiger partial charge in [0.25, 0.3) is 0 Å². The molecule has 0 N–H and O–H groups in total. The molecule has 0 heterocycles. The van der Waals surface area contributed by atoms with Crippen molar-refractivity contribution in [2.24, 2.45) is 0 Å². The highest BCUT2D eigenvalue weighted by Crippen LogP contribution is 2.22. The lowest BCUT2D eigenvalue weighted by Gasteiger charge is -2.11. The number of allylic oxidation sites excluding steroid dienone is 4. The summed E-state index contributed by atoms with van der Waals surface area (Å²) in [7, 11) is 0. The smallest absolute Gasteiger partial charge is 0.193 e. The van der Waals surface area contributed by atoms with Crippen molar-refractivity contribution in [2.45, 2.75) is 19.8 Å². The second-order valence-electron chi connectivity index (χ2n) is 4.14. The molecule has 1 aliphatic rings. The van der Waals surface area contributed by atoms with E-state index in [1.54, 1.807) is 12.1 Å². The van der Waals surface area contributed by atoms with Crippen LogP contribution in [0, 0.1) is 6.92 Å². The molecule has 1 aromatic rings. The minimum Gasteiger partial charge on any atom is -0.298 e. The van der Waals surface area contributed by atoms with Crippen LogP contribution in [0.1, 0.15) is 28.8 Å². The fourth-order valence-electron chi connectivity index (χ4n) is 2.00. The van der Waals surface area contributed by atoms with Gasteiger partial charge < -0.3 is 0 Å². The highest BCUT2D eigenvalue weighted by molar-refractivity contribution is 6.14. The number of rotatable bonds is 3. The summed E-state index contributed by atoms with van der Waals surface area (Å²) >= 11 is 0. The first-order valence-electron chi connectivity index (χ1n) is 5.69.